The monoisotopic (exact) mass is 432 g/mol. The van der Waals surface area contributed by atoms with E-state index in [-0.39, 0.29) is 17.0 Å². The van der Waals surface area contributed by atoms with Gasteiger partial charge < -0.3 is 9.47 Å². The molecule has 4 rings (SSSR count). The smallest absolute Gasteiger partial charge is 0.212 e. The largest absolute Gasteiger partial charge is 0.496 e. The summed E-state index contributed by atoms with van der Waals surface area (Å²) in [4.78, 5) is 0. The van der Waals surface area contributed by atoms with Gasteiger partial charge in [0.05, 0.1) is 12.8 Å². The fourth-order valence-electron chi connectivity index (χ4n) is 2.54. The van der Waals surface area contributed by atoms with Crippen LogP contribution in [0.4, 0.5) is 0 Å². The third-order valence-electron chi connectivity index (χ3n) is 3.76. The zero-order chi connectivity index (χ0) is 17.1. The third-order valence-corrected chi connectivity index (χ3v) is 4.69. The van der Waals surface area contributed by atoms with Crippen molar-refractivity contribution in [1.82, 2.24) is 14.9 Å². The molecule has 0 spiro atoms. The average molecular weight is 433 g/mol. The molecule has 0 fully saturated rings. The predicted molar refractivity (Wildman–Crippen MR) is 107 cm³/mol. The first-order chi connectivity index (χ1) is 12.3. The maximum Gasteiger partial charge on any atom is 0.212 e. The molecule has 0 atom stereocenters. The molecule has 0 N–H and O–H groups in total. The molecule has 26 heavy (non-hydrogen) atoms. The van der Waals surface area contributed by atoms with Gasteiger partial charge in [-0.25, -0.2) is 0 Å². The second-order valence-corrected chi connectivity index (χ2v) is 6.29. The van der Waals surface area contributed by atoms with Crippen LogP contribution in [0.1, 0.15) is 11.4 Å². The Morgan fingerprint density at radius 2 is 1.81 bits per heavy atom. The number of benzene rings is 2. The number of halogens is 1. The van der Waals surface area contributed by atoms with Gasteiger partial charge in [-0.05, 0) is 24.3 Å². The van der Waals surface area contributed by atoms with Gasteiger partial charge in [-0.3, -0.25) is 0 Å². The highest BCUT2D eigenvalue weighted by atomic mass is 79.9. The summed E-state index contributed by atoms with van der Waals surface area (Å²) in [6, 6.07) is 17.5. The average Bonchev–Trinajstić information content (AvgIpc) is 3.09. The highest BCUT2D eigenvalue weighted by Crippen LogP contribution is 2.27. The van der Waals surface area contributed by atoms with Crippen molar-refractivity contribution in [2.75, 3.05) is 12.9 Å². The molecule has 6 nitrogen and oxygen atoms in total. The summed E-state index contributed by atoms with van der Waals surface area (Å²) in [6.07, 6.45) is 0. The van der Waals surface area contributed by atoms with Crippen LogP contribution in [0.2, 0.25) is 0 Å². The highest BCUT2D eigenvalue weighted by molar-refractivity contribution is 8.93. The molecule has 1 aliphatic heterocycles. The lowest BCUT2D eigenvalue weighted by Crippen LogP contribution is -2.16. The fourth-order valence-corrected chi connectivity index (χ4v) is 3.38. The van der Waals surface area contributed by atoms with Crippen molar-refractivity contribution in [2.45, 2.75) is 11.8 Å². The molecular weight excluding hydrogens is 416 g/mol. The van der Waals surface area contributed by atoms with Crippen LogP contribution >= 0.6 is 28.7 Å². The van der Waals surface area contributed by atoms with E-state index in [2.05, 4.69) is 10.2 Å². The number of para-hydroxylation sites is 2. The molecule has 2 aromatic carbocycles. The van der Waals surface area contributed by atoms with Crippen molar-refractivity contribution in [3.8, 4) is 11.5 Å². The molecule has 0 unspecified atom stereocenters. The zero-order valence-corrected chi connectivity index (χ0v) is 16.6. The minimum atomic E-state index is 0. The summed E-state index contributed by atoms with van der Waals surface area (Å²) in [5, 5.41) is 13.9. The van der Waals surface area contributed by atoms with E-state index in [0.29, 0.717) is 12.4 Å². The van der Waals surface area contributed by atoms with Crippen molar-refractivity contribution >= 4 is 34.5 Å². The second-order valence-electron chi connectivity index (χ2n) is 5.35. The summed E-state index contributed by atoms with van der Waals surface area (Å²) in [7, 11) is 1.67. The molecule has 1 aromatic heterocycles. The zero-order valence-electron chi connectivity index (χ0n) is 14.0. The lowest BCUT2D eigenvalue weighted by molar-refractivity contribution is 0.290. The van der Waals surface area contributed by atoms with Crippen LogP contribution in [0, 0.1) is 0 Å². The van der Waals surface area contributed by atoms with E-state index in [9.17, 15) is 0 Å². The lowest BCUT2D eigenvalue weighted by atomic mass is 10.1. The van der Waals surface area contributed by atoms with Gasteiger partial charge in [0.2, 0.25) is 5.16 Å². The van der Waals surface area contributed by atoms with Crippen molar-refractivity contribution in [1.29, 1.82) is 0 Å². The normalized spacial score (nSPS) is 12.6. The van der Waals surface area contributed by atoms with Crippen LogP contribution < -0.4 is 9.47 Å². The molecule has 0 radical (unpaired) electrons. The van der Waals surface area contributed by atoms with E-state index in [4.69, 9.17) is 14.6 Å². The Morgan fingerprint density at radius 3 is 2.62 bits per heavy atom. The van der Waals surface area contributed by atoms with Crippen LogP contribution in [0.5, 0.6) is 11.5 Å². The number of nitrogens with zero attached hydrogens (tertiary/aromatic N) is 4. The summed E-state index contributed by atoms with van der Waals surface area (Å²) in [5.74, 6) is 2.98. The molecule has 8 heteroatoms. The van der Waals surface area contributed by atoms with E-state index in [1.165, 1.54) is 0 Å². The van der Waals surface area contributed by atoms with Gasteiger partial charge >= 0.3 is 0 Å². The molecule has 2 heterocycles. The molecule has 0 saturated heterocycles. The Bertz CT molecular complexity index is 915. The third kappa shape index (κ3) is 3.76. The van der Waals surface area contributed by atoms with E-state index in [1.54, 1.807) is 23.5 Å². The van der Waals surface area contributed by atoms with Crippen LogP contribution in [0.25, 0.3) is 0 Å². The number of methoxy groups -OCH3 is 1. The number of hydrogen-bond acceptors (Lipinski definition) is 6. The van der Waals surface area contributed by atoms with E-state index < -0.39 is 0 Å². The maximum atomic E-state index is 5.78. The van der Waals surface area contributed by atoms with Gasteiger partial charge in [0.1, 0.15) is 18.1 Å². The molecule has 0 aliphatic carbocycles. The Kier molecular flexibility index (Phi) is 5.95. The number of fused-ring (bicyclic) bond motifs is 1. The van der Waals surface area contributed by atoms with Crippen molar-refractivity contribution in [3.05, 3.63) is 66.0 Å². The molecule has 134 valence electrons. The van der Waals surface area contributed by atoms with Crippen LogP contribution in [0.15, 0.2) is 64.9 Å². The van der Waals surface area contributed by atoms with Gasteiger partial charge in [0.15, 0.2) is 5.82 Å². The number of rotatable bonds is 5. The van der Waals surface area contributed by atoms with Crippen LogP contribution in [0.3, 0.4) is 0 Å². The van der Waals surface area contributed by atoms with Crippen LogP contribution in [-0.2, 0) is 6.61 Å². The van der Waals surface area contributed by atoms with Gasteiger partial charge in [0, 0.05) is 11.3 Å². The standard InChI is InChI=1S/C18H16N4O2S.BrH/c1-23-16-10-6-5-9-14(16)15-12-25-18-20-19-17(22(18)21-15)11-24-13-7-3-2-4-8-13;/h2-10H,11-12H2,1H3;1H. The minimum absolute atomic E-state index is 0. The summed E-state index contributed by atoms with van der Waals surface area (Å²) in [5.41, 5.74) is 1.91. The first-order valence-electron chi connectivity index (χ1n) is 7.81. The summed E-state index contributed by atoms with van der Waals surface area (Å²) >= 11 is 1.60. The number of hydrogen-bond donors (Lipinski definition) is 0. The number of aromatic nitrogens is 3. The lowest BCUT2D eigenvalue weighted by Gasteiger charge is -2.16. The molecule has 0 bridgehead atoms. The number of thioether (sulfide) groups is 1. The summed E-state index contributed by atoms with van der Waals surface area (Å²) in [6.45, 7) is 0.306. The SMILES string of the molecule is Br.COc1ccccc1C1=Nn2c(COc3ccccc3)nnc2SC1. The molecule has 3 aromatic rings. The van der Waals surface area contributed by atoms with E-state index in [1.807, 2.05) is 54.6 Å². The second kappa shape index (κ2) is 8.37. The molecule has 0 amide bonds. The summed E-state index contributed by atoms with van der Waals surface area (Å²) < 4.78 is 13.0. The van der Waals surface area contributed by atoms with Crippen molar-refractivity contribution in [3.63, 3.8) is 0 Å². The van der Waals surface area contributed by atoms with Crippen molar-refractivity contribution < 1.29 is 9.47 Å². The van der Waals surface area contributed by atoms with Crippen molar-refractivity contribution in [2.24, 2.45) is 5.10 Å². The molecule has 1 aliphatic rings. The Morgan fingerprint density at radius 1 is 1.04 bits per heavy atom. The first-order valence-corrected chi connectivity index (χ1v) is 8.80. The molecule has 0 saturated carbocycles. The fraction of sp³-hybridized carbons (Fsp3) is 0.167. The Hall–Kier alpha value is -2.32. The van der Waals surface area contributed by atoms with Gasteiger partial charge in [-0.1, -0.05) is 42.1 Å². The van der Waals surface area contributed by atoms with E-state index in [0.717, 1.165) is 33.7 Å². The quantitative estimate of drug-likeness (QED) is 0.613. The Balaban J connectivity index is 0.00000196. The highest BCUT2D eigenvalue weighted by Gasteiger charge is 2.21. The Labute approximate surface area is 166 Å². The number of ether oxygens (including phenoxy) is 2. The predicted octanol–water partition coefficient (Wildman–Crippen LogP) is 3.80. The van der Waals surface area contributed by atoms with Gasteiger partial charge in [-0.2, -0.15) is 9.78 Å². The molecular formula is C18H17BrN4O2S. The van der Waals surface area contributed by atoms with Gasteiger partial charge in [0.25, 0.3) is 0 Å². The minimum Gasteiger partial charge on any atom is -0.496 e. The topological polar surface area (TPSA) is 61.5 Å². The van der Waals surface area contributed by atoms with Gasteiger partial charge in [-0.15, -0.1) is 27.2 Å². The first kappa shape index (κ1) is 18.5. The van der Waals surface area contributed by atoms with Crippen LogP contribution in [-0.4, -0.2) is 33.4 Å². The van der Waals surface area contributed by atoms with E-state index >= 15 is 0 Å². The maximum absolute atomic E-state index is 5.78.